The summed E-state index contributed by atoms with van der Waals surface area (Å²) >= 11 is 0. The third-order valence-electron chi connectivity index (χ3n) is 4.19. The zero-order chi connectivity index (χ0) is 29.9. The summed E-state index contributed by atoms with van der Waals surface area (Å²) in [6, 6.07) is 5.59. The molecule has 2 rings (SSSR count). The van der Waals surface area contributed by atoms with Crippen LogP contribution in [0.2, 0.25) is 0 Å². The molecule has 0 aliphatic heterocycles. The number of hydrogen-bond acceptors (Lipinski definition) is 12. The van der Waals surface area contributed by atoms with E-state index in [4.69, 9.17) is 0 Å². The predicted molar refractivity (Wildman–Crippen MR) is 121 cm³/mol. The Bertz CT molecular complexity index is 1930. The quantitative estimate of drug-likeness (QED) is 0.151. The standard InChI is InChI=1S/C14H12O18S6/c15-33(16,17)8(6-7-4-2-1-3-5-7)9-10(34(18,19)20)12(36(24,25)26)14(38(30,31)32)13(37(27,28)29)11(9)35(21,22)23/h1-6H,(H,15,16,17)(H,18,19,20)(H,21,22,23)(H,24,25,26)(H,27,28,29)(H,30,31,32). The second-order valence-corrected chi connectivity index (χ2v) is 15.0. The van der Waals surface area contributed by atoms with E-state index in [0.717, 1.165) is 24.3 Å². The van der Waals surface area contributed by atoms with E-state index in [1.165, 1.54) is 6.07 Å². The highest BCUT2D eigenvalue weighted by atomic mass is 32.2. The van der Waals surface area contributed by atoms with E-state index in [1.54, 1.807) is 0 Å². The van der Waals surface area contributed by atoms with Gasteiger partial charge in [0.1, 0.15) is 29.4 Å². The topological polar surface area (TPSA) is 326 Å². The van der Waals surface area contributed by atoms with Crippen LogP contribution in [0, 0.1) is 0 Å². The molecule has 2 aromatic carbocycles. The van der Waals surface area contributed by atoms with Crippen LogP contribution in [0.25, 0.3) is 11.0 Å². The molecule has 0 heterocycles. The first-order valence-electron chi connectivity index (χ1n) is 8.56. The fourth-order valence-corrected chi connectivity index (χ4v) is 10.3. The van der Waals surface area contributed by atoms with Crippen LogP contribution in [0.3, 0.4) is 0 Å². The molecule has 0 aliphatic carbocycles. The summed E-state index contributed by atoms with van der Waals surface area (Å²) in [7, 11) is -39.0. The zero-order valence-electron chi connectivity index (χ0n) is 17.5. The van der Waals surface area contributed by atoms with E-state index >= 15 is 0 Å². The second kappa shape index (κ2) is 9.68. The third kappa shape index (κ3) is 6.61. The first-order valence-corrected chi connectivity index (χ1v) is 17.2. The van der Waals surface area contributed by atoms with Crippen molar-refractivity contribution in [1.82, 2.24) is 0 Å². The maximum atomic E-state index is 12.2. The van der Waals surface area contributed by atoms with E-state index < -0.39 is 101 Å². The SMILES string of the molecule is O=S(=O)(O)C(=Cc1ccccc1)c1c(S(=O)(=O)O)c(S(=O)(=O)O)c(S(=O)(=O)O)c(S(=O)(=O)O)c1S(=O)(=O)O. The van der Waals surface area contributed by atoms with Gasteiger partial charge in [0.25, 0.3) is 60.7 Å². The Hall–Kier alpha value is -2.36. The predicted octanol–water partition coefficient (Wildman–Crippen LogP) is -0.694. The van der Waals surface area contributed by atoms with Crippen molar-refractivity contribution in [2.24, 2.45) is 0 Å². The van der Waals surface area contributed by atoms with Gasteiger partial charge in [-0.1, -0.05) is 30.3 Å². The highest BCUT2D eigenvalue weighted by Gasteiger charge is 2.48. The summed E-state index contributed by atoms with van der Waals surface area (Å²) in [5, 5.41) is 0. The number of hydrogen-bond donors (Lipinski definition) is 6. The fraction of sp³-hybridized carbons (Fsp3) is 0. The molecular weight excluding hydrogens is 649 g/mol. The van der Waals surface area contributed by atoms with Gasteiger partial charge in [0.2, 0.25) is 0 Å². The van der Waals surface area contributed by atoms with Crippen molar-refractivity contribution in [2.45, 2.75) is 24.5 Å². The van der Waals surface area contributed by atoms with Crippen molar-refractivity contribution in [1.29, 1.82) is 0 Å². The summed E-state index contributed by atoms with van der Waals surface area (Å²) in [5.74, 6) is 0. The largest absolute Gasteiger partial charge is 0.297 e. The lowest BCUT2D eigenvalue weighted by molar-refractivity contribution is 0.438. The van der Waals surface area contributed by atoms with Crippen LogP contribution in [-0.4, -0.2) is 77.8 Å². The average Bonchev–Trinajstić information content (AvgIpc) is 2.66. The van der Waals surface area contributed by atoms with Gasteiger partial charge in [0.15, 0.2) is 0 Å². The minimum absolute atomic E-state index is 0.128. The lowest BCUT2D eigenvalue weighted by Crippen LogP contribution is -2.25. The van der Waals surface area contributed by atoms with Crippen molar-refractivity contribution in [3.8, 4) is 0 Å². The van der Waals surface area contributed by atoms with Crippen LogP contribution in [0.15, 0.2) is 54.8 Å². The van der Waals surface area contributed by atoms with Gasteiger partial charge in [-0.3, -0.25) is 27.3 Å². The number of benzene rings is 2. The summed E-state index contributed by atoms with van der Waals surface area (Å²) in [5.41, 5.74) is -2.89. The Morgan fingerprint density at radius 2 is 0.763 bits per heavy atom. The Morgan fingerprint density at radius 1 is 0.474 bits per heavy atom. The Morgan fingerprint density at radius 3 is 1.03 bits per heavy atom. The van der Waals surface area contributed by atoms with Crippen LogP contribution in [-0.2, 0) is 60.7 Å². The van der Waals surface area contributed by atoms with E-state index in [2.05, 4.69) is 0 Å². The molecule has 0 fully saturated rings. The van der Waals surface area contributed by atoms with Crippen molar-refractivity contribution >= 4 is 71.7 Å². The van der Waals surface area contributed by atoms with Crippen molar-refractivity contribution in [3.63, 3.8) is 0 Å². The smallest absolute Gasteiger partial charge is 0.282 e. The van der Waals surface area contributed by atoms with Gasteiger partial charge < -0.3 is 0 Å². The van der Waals surface area contributed by atoms with Gasteiger partial charge in [-0.05, 0) is 11.6 Å². The summed E-state index contributed by atoms with van der Waals surface area (Å²) in [6.45, 7) is 0. The third-order valence-corrected chi connectivity index (χ3v) is 10.2. The lowest BCUT2D eigenvalue weighted by Gasteiger charge is -2.21. The second-order valence-electron chi connectivity index (χ2n) is 6.79. The maximum absolute atomic E-state index is 12.2. The molecule has 0 saturated carbocycles. The monoisotopic (exact) mass is 660 g/mol. The van der Waals surface area contributed by atoms with Gasteiger partial charge in [-0.2, -0.15) is 50.5 Å². The van der Waals surface area contributed by atoms with E-state index in [1.807, 2.05) is 0 Å². The minimum Gasteiger partial charge on any atom is -0.282 e. The normalized spacial score (nSPS) is 14.4. The van der Waals surface area contributed by atoms with Crippen LogP contribution in [0.4, 0.5) is 0 Å². The number of rotatable bonds is 8. The van der Waals surface area contributed by atoms with Crippen LogP contribution in [0.5, 0.6) is 0 Å². The molecule has 18 nitrogen and oxygen atoms in total. The molecule has 0 spiro atoms. The van der Waals surface area contributed by atoms with Crippen molar-refractivity contribution in [3.05, 3.63) is 41.5 Å². The molecule has 6 N–H and O–H groups in total. The molecule has 0 unspecified atom stereocenters. The minimum atomic E-state index is -6.59. The molecule has 38 heavy (non-hydrogen) atoms. The van der Waals surface area contributed by atoms with Crippen molar-refractivity contribution in [2.75, 3.05) is 0 Å². The van der Waals surface area contributed by atoms with E-state index in [-0.39, 0.29) is 6.08 Å². The zero-order valence-corrected chi connectivity index (χ0v) is 22.4. The first-order chi connectivity index (χ1) is 16.7. The lowest BCUT2D eigenvalue weighted by atomic mass is 10.1. The Labute approximate surface area is 214 Å². The van der Waals surface area contributed by atoms with E-state index in [9.17, 15) is 77.8 Å². The van der Waals surface area contributed by atoms with E-state index in [0.29, 0.717) is 0 Å². The highest BCUT2D eigenvalue weighted by Crippen LogP contribution is 2.45. The fourth-order valence-electron chi connectivity index (χ4n) is 3.03. The average molecular weight is 661 g/mol. The first kappa shape index (κ1) is 31.9. The van der Waals surface area contributed by atoms with Gasteiger partial charge in [0.05, 0.1) is 0 Å². The molecule has 0 saturated heterocycles. The molecule has 0 aliphatic rings. The molecule has 0 amide bonds. The molecule has 0 radical (unpaired) electrons. The molecule has 212 valence electrons. The molecule has 0 bridgehead atoms. The van der Waals surface area contributed by atoms with Gasteiger partial charge in [0, 0.05) is 5.56 Å². The van der Waals surface area contributed by atoms with Crippen LogP contribution < -0.4 is 0 Å². The van der Waals surface area contributed by atoms with Gasteiger partial charge >= 0.3 is 0 Å². The summed E-state index contributed by atoms with van der Waals surface area (Å²) < 4.78 is 203. The molecule has 0 atom stereocenters. The van der Waals surface area contributed by atoms with Gasteiger partial charge in [-0.15, -0.1) is 0 Å². The Kier molecular flexibility index (Phi) is 8.11. The summed E-state index contributed by atoms with van der Waals surface area (Å²) in [6.07, 6.45) is 0.128. The van der Waals surface area contributed by atoms with Crippen LogP contribution >= 0.6 is 0 Å². The molecule has 0 aromatic heterocycles. The molecular formula is C14H12O18S6. The summed E-state index contributed by atoms with van der Waals surface area (Å²) in [4.78, 5) is -16.4. The van der Waals surface area contributed by atoms with Gasteiger partial charge in [-0.25, -0.2) is 0 Å². The Balaban J connectivity index is 3.83. The highest BCUT2D eigenvalue weighted by molar-refractivity contribution is 7.96. The molecule has 24 heteroatoms. The van der Waals surface area contributed by atoms with Crippen LogP contribution in [0.1, 0.15) is 11.1 Å². The maximum Gasteiger partial charge on any atom is 0.297 e. The molecule has 2 aromatic rings. The van der Waals surface area contributed by atoms with Crippen molar-refractivity contribution < 1.29 is 77.8 Å².